The van der Waals surface area contributed by atoms with Crippen LogP contribution in [0.3, 0.4) is 0 Å². The maximum absolute atomic E-state index is 11.6. The van der Waals surface area contributed by atoms with Crippen LogP contribution < -0.4 is 15.4 Å². The maximum atomic E-state index is 11.6. The number of benzene rings is 2. The summed E-state index contributed by atoms with van der Waals surface area (Å²) >= 11 is 0. The second-order valence-corrected chi connectivity index (χ2v) is 6.03. The molecule has 138 valence electrons. The first-order valence-corrected chi connectivity index (χ1v) is 8.77. The number of Topliss-reactive ketones (excluding diaryl/α,β-unsaturated/α-hetero) is 1. The molecule has 1 aromatic heterocycles. The van der Waals surface area contributed by atoms with E-state index in [2.05, 4.69) is 20.6 Å². The van der Waals surface area contributed by atoms with E-state index in [9.17, 15) is 4.79 Å². The normalized spacial score (nSPS) is 10.3. The summed E-state index contributed by atoms with van der Waals surface area (Å²) < 4.78 is 5.65. The van der Waals surface area contributed by atoms with Gasteiger partial charge in [0.2, 0.25) is 5.95 Å². The van der Waals surface area contributed by atoms with E-state index in [1.807, 2.05) is 56.3 Å². The second kappa shape index (κ2) is 8.31. The SMILES string of the molecule is CCOc1ccccc1Nc1cc(C)nc(Nc2cccc(C(C)=O)c2)n1. The Bertz CT molecular complexity index is 956. The third-order valence-electron chi connectivity index (χ3n) is 3.83. The number of carbonyl (C=O) groups excluding carboxylic acids is 1. The molecule has 0 spiro atoms. The Morgan fingerprint density at radius 2 is 1.85 bits per heavy atom. The van der Waals surface area contributed by atoms with Gasteiger partial charge in [-0.05, 0) is 45.0 Å². The summed E-state index contributed by atoms with van der Waals surface area (Å²) in [5, 5.41) is 6.44. The van der Waals surface area contributed by atoms with E-state index in [1.54, 1.807) is 19.1 Å². The van der Waals surface area contributed by atoms with Crippen LogP contribution in [0.2, 0.25) is 0 Å². The minimum atomic E-state index is 0.0127. The lowest BCUT2D eigenvalue weighted by atomic mass is 10.1. The number of nitrogens with zero attached hydrogens (tertiary/aromatic N) is 2. The molecular weight excluding hydrogens is 340 g/mol. The molecule has 0 aliphatic heterocycles. The van der Waals surface area contributed by atoms with Crippen molar-refractivity contribution in [1.29, 1.82) is 0 Å². The largest absolute Gasteiger partial charge is 0.492 e. The van der Waals surface area contributed by atoms with E-state index in [0.29, 0.717) is 23.9 Å². The first kappa shape index (κ1) is 18.4. The molecule has 3 aromatic rings. The average molecular weight is 362 g/mol. The van der Waals surface area contributed by atoms with Gasteiger partial charge in [-0.3, -0.25) is 4.79 Å². The molecule has 6 nitrogen and oxygen atoms in total. The highest BCUT2D eigenvalue weighted by molar-refractivity contribution is 5.95. The third-order valence-corrected chi connectivity index (χ3v) is 3.83. The summed E-state index contributed by atoms with van der Waals surface area (Å²) in [6.45, 7) is 5.97. The molecule has 0 unspecified atom stereocenters. The first-order chi connectivity index (χ1) is 13.0. The highest BCUT2D eigenvalue weighted by Gasteiger charge is 2.08. The van der Waals surface area contributed by atoms with Gasteiger partial charge in [0.15, 0.2) is 5.78 Å². The zero-order valence-electron chi connectivity index (χ0n) is 15.6. The molecule has 2 N–H and O–H groups in total. The summed E-state index contributed by atoms with van der Waals surface area (Å²) in [5.74, 6) is 1.88. The van der Waals surface area contributed by atoms with Crippen molar-refractivity contribution in [3.63, 3.8) is 0 Å². The molecule has 3 rings (SSSR count). The summed E-state index contributed by atoms with van der Waals surface area (Å²) in [6, 6.07) is 16.8. The number of para-hydroxylation sites is 2. The van der Waals surface area contributed by atoms with Crippen LogP contribution in [0, 0.1) is 6.92 Å². The topological polar surface area (TPSA) is 76.1 Å². The van der Waals surface area contributed by atoms with Gasteiger partial charge in [-0.25, -0.2) is 4.98 Å². The third kappa shape index (κ3) is 4.82. The zero-order valence-corrected chi connectivity index (χ0v) is 15.6. The van der Waals surface area contributed by atoms with E-state index < -0.39 is 0 Å². The fraction of sp³-hybridized carbons (Fsp3) is 0.190. The van der Waals surface area contributed by atoms with E-state index in [0.717, 1.165) is 22.8 Å². The molecule has 2 aromatic carbocycles. The van der Waals surface area contributed by atoms with Crippen molar-refractivity contribution in [1.82, 2.24) is 9.97 Å². The Labute approximate surface area is 158 Å². The first-order valence-electron chi connectivity index (χ1n) is 8.77. The highest BCUT2D eigenvalue weighted by atomic mass is 16.5. The predicted molar refractivity (Wildman–Crippen MR) is 107 cm³/mol. The van der Waals surface area contributed by atoms with Gasteiger partial charge in [0.1, 0.15) is 11.6 Å². The molecule has 0 amide bonds. The molecule has 0 fully saturated rings. The quantitative estimate of drug-likeness (QED) is 0.584. The lowest BCUT2D eigenvalue weighted by molar-refractivity contribution is 0.101. The molecule has 0 saturated carbocycles. The molecule has 27 heavy (non-hydrogen) atoms. The Morgan fingerprint density at radius 3 is 2.63 bits per heavy atom. The van der Waals surface area contributed by atoms with E-state index >= 15 is 0 Å². The zero-order chi connectivity index (χ0) is 19.2. The molecule has 1 heterocycles. The van der Waals surface area contributed by atoms with Crippen molar-refractivity contribution in [2.24, 2.45) is 0 Å². The van der Waals surface area contributed by atoms with Gasteiger partial charge in [-0.2, -0.15) is 4.98 Å². The van der Waals surface area contributed by atoms with E-state index in [1.165, 1.54) is 0 Å². The number of anilines is 4. The van der Waals surface area contributed by atoms with Crippen LogP contribution in [-0.2, 0) is 0 Å². The summed E-state index contributed by atoms with van der Waals surface area (Å²) in [5.41, 5.74) is 3.04. The molecule has 0 saturated heterocycles. The monoisotopic (exact) mass is 362 g/mol. The van der Waals surface area contributed by atoms with Crippen molar-refractivity contribution in [2.75, 3.05) is 17.2 Å². The Balaban J connectivity index is 1.85. The minimum Gasteiger partial charge on any atom is -0.492 e. The lowest BCUT2D eigenvalue weighted by Gasteiger charge is -2.13. The predicted octanol–water partition coefficient (Wildman–Crippen LogP) is 4.87. The van der Waals surface area contributed by atoms with Crippen LogP contribution in [-0.4, -0.2) is 22.4 Å². The number of hydrogen-bond donors (Lipinski definition) is 2. The maximum Gasteiger partial charge on any atom is 0.229 e. The van der Waals surface area contributed by atoms with Gasteiger partial charge in [0.25, 0.3) is 0 Å². The molecule has 0 radical (unpaired) electrons. The van der Waals surface area contributed by atoms with Gasteiger partial charge in [-0.1, -0.05) is 24.3 Å². The van der Waals surface area contributed by atoms with Gasteiger partial charge in [0, 0.05) is 23.0 Å². The summed E-state index contributed by atoms with van der Waals surface area (Å²) in [4.78, 5) is 20.5. The standard InChI is InChI=1S/C21H22N4O2/c1-4-27-19-11-6-5-10-18(19)24-20-12-14(2)22-21(25-20)23-17-9-7-8-16(13-17)15(3)26/h5-13H,4H2,1-3H3,(H2,22,23,24,25). The Morgan fingerprint density at radius 1 is 1.04 bits per heavy atom. The smallest absolute Gasteiger partial charge is 0.229 e. The van der Waals surface area contributed by atoms with Gasteiger partial charge < -0.3 is 15.4 Å². The number of rotatable bonds is 7. The Hall–Kier alpha value is -3.41. The van der Waals surface area contributed by atoms with Crippen molar-refractivity contribution >= 4 is 28.9 Å². The van der Waals surface area contributed by atoms with Gasteiger partial charge in [-0.15, -0.1) is 0 Å². The van der Waals surface area contributed by atoms with Crippen LogP contribution >= 0.6 is 0 Å². The van der Waals surface area contributed by atoms with Crippen molar-refractivity contribution in [2.45, 2.75) is 20.8 Å². The van der Waals surface area contributed by atoms with Crippen LogP contribution in [0.25, 0.3) is 0 Å². The number of carbonyl (C=O) groups is 1. The minimum absolute atomic E-state index is 0.0127. The van der Waals surface area contributed by atoms with Crippen molar-refractivity contribution in [3.8, 4) is 5.75 Å². The number of hydrogen-bond acceptors (Lipinski definition) is 6. The van der Waals surface area contributed by atoms with Crippen molar-refractivity contribution < 1.29 is 9.53 Å². The number of nitrogens with one attached hydrogen (secondary N) is 2. The van der Waals surface area contributed by atoms with Crippen LogP contribution in [0.1, 0.15) is 29.9 Å². The van der Waals surface area contributed by atoms with Crippen LogP contribution in [0.4, 0.5) is 23.1 Å². The van der Waals surface area contributed by atoms with E-state index in [4.69, 9.17) is 4.74 Å². The summed E-state index contributed by atoms with van der Waals surface area (Å²) in [7, 11) is 0. The summed E-state index contributed by atoms with van der Waals surface area (Å²) in [6.07, 6.45) is 0. The van der Waals surface area contributed by atoms with Gasteiger partial charge in [0.05, 0.1) is 12.3 Å². The molecule has 6 heteroatoms. The van der Waals surface area contributed by atoms with Gasteiger partial charge >= 0.3 is 0 Å². The van der Waals surface area contributed by atoms with Crippen LogP contribution in [0.15, 0.2) is 54.6 Å². The average Bonchev–Trinajstić information content (AvgIpc) is 2.63. The lowest BCUT2D eigenvalue weighted by Crippen LogP contribution is -2.04. The Kier molecular flexibility index (Phi) is 5.66. The van der Waals surface area contributed by atoms with E-state index in [-0.39, 0.29) is 5.78 Å². The molecule has 0 aliphatic carbocycles. The highest BCUT2D eigenvalue weighted by Crippen LogP contribution is 2.27. The number of ketones is 1. The molecule has 0 aliphatic rings. The fourth-order valence-electron chi connectivity index (χ4n) is 2.62. The second-order valence-electron chi connectivity index (χ2n) is 6.03. The molecule has 0 atom stereocenters. The number of aromatic nitrogens is 2. The number of ether oxygens (including phenoxy) is 1. The number of aryl methyl sites for hydroxylation is 1. The molecular formula is C21H22N4O2. The molecule has 0 bridgehead atoms. The fourth-order valence-corrected chi connectivity index (χ4v) is 2.62. The van der Waals surface area contributed by atoms with Crippen molar-refractivity contribution in [3.05, 3.63) is 65.9 Å². The van der Waals surface area contributed by atoms with Crippen LogP contribution in [0.5, 0.6) is 5.75 Å².